The molecule has 2 aromatic rings. The Bertz CT molecular complexity index is 754. The van der Waals surface area contributed by atoms with Crippen molar-refractivity contribution in [3.8, 4) is 0 Å². The Morgan fingerprint density at radius 2 is 2.23 bits per heavy atom. The lowest BCUT2D eigenvalue weighted by Gasteiger charge is -2.37. The first-order valence-corrected chi connectivity index (χ1v) is 6.95. The number of hydrogen-bond donors (Lipinski definition) is 1. The van der Waals surface area contributed by atoms with E-state index >= 15 is 0 Å². The number of rotatable bonds is 3. The smallest absolute Gasteiger partial charge is 0.270 e. The van der Waals surface area contributed by atoms with Gasteiger partial charge in [0.15, 0.2) is 5.82 Å². The number of benzene rings is 1. The number of amides is 1. The van der Waals surface area contributed by atoms with Crippen molar-refractivity contribution in [2.75, 3.05) is 13.1 Å². The molecule has 1 amide bonds. The molecule has 3 rings (SSSR count). The molecule has 0 atom stereocenters. The molecule has 114 valence electrons. The summed E-state index contributed by atoms with van der Waals surface area (Å²) in [5, 5.41) is 17.6. The number of likely N-dealkylation sites (tertiary alicyclic amines) is 1. The average Bonchev–Trinajstić information content (AvgIpc) is 2.83. The van der Waals surface area contributed by atoms with E-state index < -0.39 is 4.92 Å². The van der Waals surface area contributed by atoms with Crippen molar-refractivity contribution in [1.82, 2.24) is 20.1 Å². The van der Waals surface area contributed by atoms with Crippen LogP contribution >= 0.6 is 11.6 Å². The van der Waals surface area contributed by atoms with Gasteiger partial charge in [0.2, 0.25) is 0 Å². The van der Waals surface area contributed by atoms with E-state index in [9.17, 15) is 14.9 Å². The van der Waals surface area contributed by atoms with E-state index in [1.54, 1.807) is 4.90 Å². The van der Waals surface area contributed by atoms with Gasteiger partial charge in [0.05, 0.1) is 21.4 Å². The Balaban J connectivity index is 1.70. The highest BCUT2D eigenvalue weighted by Crippen LogP contribution is 2.29. The first kappa shape index (κ1) is 14.5. The van der Waals surface area contributed by atoms with E-state index in [1.165, 1.54) is 18.2 Å². The molecular weight excluding hydrogens is 310 g/mol. The second kappa shape index (κ2) is 5.38. The van der Waals surface area contributed by atoms with Gasteiger partial charge in [0, 0.05) is 25.2 Å². The minimum Gasteiger partial charge on any atom is -0.337 e. The summed E-state index contributed by atoms with van der Waals surface area (Å²) >= 11 is 5.97. The van der Waals surface area contributed by atoms with Crippen molar-refractivity contribution in [2.24, 2.45) is 0 Å². The molecule has 0 radical (unpaired) electrons. The fourth-order valence-corrected chi connectivity index (χ4v) is 2.57. The van der Waals surface area contributed by atoms with Gasteiger partial charge in [0.25, 0.3) is 11.6 Å². The van der Waals surface area contributed by atoms with Crippen LogP contribution in [-0.2, 0) is 0 Å². The second-order valence-electron chi connectivity index (χ2n) is 5.11. The van der Waals surface area contributed by atoms with Crippen LogP contribution in [0.25, 0.3) is 0 Å². The molecular formula is C13H12ClN5O3. The fourth-order valence-electron chi connectivity index (χ4n) is 2.31. The van der Waals surface area contributed by atoms with Crippen molar-refractivity contribution < 1.29 is 9.72 Å². The highest BCUT2D eigenvalue weighted by molar-refractivity contribution is 6.34. The molecule has 1 saturated heterocycles. The topological polar surface area (TPSA) is 105 Å². The number of halogens is 1. The average molecular weight is 322 g/mol. The molecule has 9 heteroatoms. The first-order valence-electron chi connectivity index (χ1n) is 6.58. The fraction of sp³-hybridized carbons (Fsp3) is 0.308. The lowest BCUT2D eigenvalue weighted by molar-refractivity contribution is -0.384. The minimum atomic E-state index is -0.550. The number of H-pyrrole nitrogens is 1. The highest BCUT2D eigenvalue weighted by atomic mass is 35.5. The Morgan fingerprint density at radius 3 is 2.77 bits per heavy atom. The highest BCUT2D eigenvalue weighted by Gasteiger charge is 2.35. The predicted octanol–water partition coefficient (Wildman–Crippen LogP) is 1.91. The summed E-state index contributed by atoms with van der Waals surface area (Å²) in [7, 11) is 0. The third-order valence-electron chi connectivity index (χ3n) is 3.54. The first-order chi connectivity index (χ1) is 10.5. The number of carbonyl (C=O) groups is 1. The molecule has 22 heavy (non-hydrogen) atoms. The normalized spacial score (nSPS) is 14.7. The van der Waals surface area contributed by atoms with Crippen LogP contribution in [0.5, 0.6) is 0 Å². The third-order valence-corrected chi connectivity index (χ3v) is 3.86. The summed E-state index contributed by atoms with van der Waals surface area (Å²) in [6.07, 6.45) is 0. The number of nitrogens with zero attached hydrogens (tertiary/aromatic N) is 4. The number of non-ortho nitro benzene ring substituents is 1. The number of hydrogen-bond acceptors (Lipinski definition) is 5. The lowest BCUT2D eigenvalue weighted by Crippen LogP contribution is -2.48. The Labute approximate surface area is 130 Å². The van der Waals surface area contributed by atoms with Gasteiger partial charge in [-0.05, 0) is 13.0 Å². The van der Waals surface area contributed by atoms with E-state index in [2.05, 4.69) is 15.2 Å². The van der Waals surface area contributed by atoms with Gasteiger partial charge in [-0.1, -0.05) is 11.6 Å². The number of aromatic nitrogens is 3. The van der Waals surface area contributed by atoms with Gasteiger partial charge in [-0.15, -0.1) is 0 Å². The van der Waals surface area contributed by atoms with Crippen LogP contribution < -0.4 is 0 Å². The van der Waals surface area contributed by atoms with Crippen LogP contribution in [0.1, 0.15) is 27.9 Å². The molecule has 8 nitrogen and oxygen atoms in total. The minimum absolute atomic E-state index is 0.0800. The predicted molar refractivity (Wildman–Crippen MR) is 77.9 cm³/mol. The van der Waals surface area contributed by atoms with Crippen LogP contribution in [0.3, 0.4) is 0 Å². The van der Waals surface area contributed by atoms with E-state index in [-0.39, 0.29) is 28.1 Å². The molecule has 0 saturated carbocycles. The van der Waals surface area contributed by atoms with Crippen LogP contribution in [0, 0.1) is 17.0 Å². The summed E-state index contributed by atoms with van der Waals surface area (Å²) in [5.74, 6) is 1.28. The number of carbonyl (C=O) groups excluding carboxylic acids is 1. The van der Waals surface area contributed by atoms with Crippen molar-refractivity contribution in [1.29, 1.82) is 0 Å². The number of aromatic amines is 1. The summed E-state index contributed by atoms with van der Waals surface area (Å²) in [6, 6.07) is 3.84. The molecule has 1 aromatic carbocycles. The molecule has 0 bridgehead atoms. The van der Waals surface area contributed by atoms with E-state index in [1.807, 2.05) is 6.92 Å². The quantitative estimate of drug-likeness (QED) is 0.686. The monoisotopic (exact) mass is 321 g/mol. The Kier molecular flexibility index (Phi) is 3.53. The van der Waals surface area contributed by atoms with E-state index in [0.717, 1.165) is 5.82 Å². The maximum Gasteiger partial charge on any atom is 0.270 e. The van der Waals surface area contributed by atoms with Crippen molar-refractivity contribution in [2.45, 2.75) is 12.8 Å². The molecule has 0 spiro atoms. The van der Waals surface area contributed by atoms with Crippen LogP contribution in [-0.4, -0.2) is 44.0 Å². The van der Waals surface area contributed by atoms with Crippen LogP contribution in [0.15, 0.2) is 18.2 Å². The summed E-state index contributed by atoms with van der Waals surface area (Å²) < 4.78 is 0. The molecule has 1 aromatic heterocycles. The number of aryl methyl sites for hydroxylation is 1. The maximum atomic E-state index is 12.3. The van der Waals surface area contributed by atoms with Gasteiger partial charge >= 0.3 is 0 Å². The number of nitro benzene ring substituents is 1. The van der Waals surface area contributed by atoms with Crippen molar-refractivity contribution in [3.63, 3.8) is 0 Å². The molecule has 1 N–H and O–H groups in total. The van der Waals surface area contributed by atoms with Gasteiger partial charge in [-0.3, -0.25) is 20.0 Å². The Hall–Kier alpha value is -2.48. The SMILES string of the molecule is Cc1nc(C2CN(C(=O)c3ccc([N+](=O)[O-])cc3Cl)C2)n[nH]1. The Morgan fingerprint density at radius 1 is 1.50 bits per heavy atom. The molecule has 1 aliphatic rings. The molecule has 1 fully saturated rings. The van der Waals surface area contributed by atoms with Gasteiger partial charge in [-0.25, -0.2) is 4.98 Å². The number of nitrogens with one attached hydrogen (secondary N) is 1. The molecule has 1 aliphatic heterocycles. The zero-order chi connectivity index (χ0) is 15.9. The molecule has 0 unspecified atom stereocenters. The van der Waals surface area contributed by atoms with Crippen molar-refractivity contribution >= 4 is 23.2 Å². The summed E-state index contributed by atoms with van der Waals surface area (Å²) in [4.78, 5) is 28.3. The second-order valence-corrected chi connectivity index (χ2v) is 5.51. The third kappa shape index (κ3) is 2.52. The van der Waals surface area contributed by atoms with Crippen LogP contribution in [0.4, 0.5) is 5.69 Å². The van der Waals surface area contributed by atoms with Gasteiger partial charge < -0.3 is 4.90 Å². The zero-order valence-corrected chi connectivity index (χ0v) is 12.4. The summed E-state index contributed by atoms with van der Waals surface area (Å²) in [6.45, 7) is 2.82. The van der Waals surface area contributed by atoms with Crippen LogP contribution in [0.2, 0.25) is 5.02 Å². The molecule has 2 heterocycles. The van der Waals surface area contributed by atoms with Crippen molar-refractivity contribution in [3.05, 3.63) is 50.5 Å². The number of nitro groups is 1. The molecule has 0 aliphatic carbocycles. The summed E-state index contributed by atoms with van der Waals surface area (Å²) in [5.41, 5.74) is 0.121. The van der Waals surface area contributed by atoms with Gasteiger partial charge in [0.1, 0.15) is 5.82 Å². The standard InChI is InChI=1S/C13H12ClN5O3/c1-7-15-12(17-16-7)8-5-18(6-8)13(20)10-3-2-9(19(21)22)4-11(10)14/h2-4,8H,5-6H2,1H3,(H,15,16,17). The van der Waals surface area contributed by atoms with E-state index in [4.69, 9.17) is 11.6 Å². The largest absolute Gasteiger partial charge is 0.337 e. The lowest BCUT2D eigenvalue weighted by atomic mass is 9.98. The maximum absolute atomic E-state index is 12.3. The van der Waals surface area contributed by atoms with E-state index in [0.29, 0.717) is 18.9 Å². The van der Waals surface area contributed by atoms with Gasteiger partial charge in [-0.2, -0.15) is 5.10 Å². The zero-order valence-electron chi connectivity index (χ0n) is 11.6.